The monoisotopic (exact) mass is 239 g/mol. The summed E-state index contributed by atoms with van der Waals surface area (Å²) in [5.41, 5.74) is 0.942. The van der Waals surface area contributed by atoms with Crippen molar-refractivity contribution in [2.24, 2.45) is 0 Å². The molecule has 96 valence electrons. The van der Waals surface area contributed by atoms with E-state index in [1.54, 1.807) is 6.20 Å². The van der Waals surface area contributed by atoms with Crippen LogP contribution in [0, 0.1) is 0 Å². The van der Waals surface area contributed by atoms with Gasteiger partial charge in [-0.25, -0.2) is 0 Å². The standard InChI is InChI=1S/C12H21N3O2/c1-3-16-12(17-4-2)7-9-13-10-11-6-5-8-14-15-11/h5-6,8,12-13H,3-4,7,9-10H2,1-2H3. The Morgan fingerprint density at radius 2 is 2.06 bits per heavy atom. The molecule has 0 radical (unpaired) electrons. The number of hydrogen-bond donors (Lipinski definition) is 1. The maximum absolute atomic E-state index is 5.44. The largest absolute Gasteiger partial charge is 0.353 e. The molecule has 5 nitrogen and oxygen atoms in total. The molecule has 0 aliphatic carbocycles. The molecule has 1 rings (SSSR count). The van der Waals surface area contributed by atoms with Crippen molar-refractivity contribution in [2.75, 3.05) is 19.8 Å². The summed E-state index contributed by atoms with van der Waals surface area (Å²) in [6, 6.07) is 3.83. The highest BCUT2D eigenvalue weighted by Crippen LogP contribution is 2.00. The number of nitrogens with one attached hydrogen (secondary N) is 1. The van der Waals surface area contributed by atoms with Crippen LogP contribution < -0.4 is 5.32 Å². The van der Waals surface area contributed by atoms with Crippen molar-refractivity contribution in [3.63, 3.8) is 0 Å². The van der Waals surface area contributed by atoms with E-state index in [0.717, 1.165) is 25.2 Å². The zero-order chi connectivity index (χ0) is 12.3. The van der Waals surface area contributed by atoms with Crippen molar-refractivity contribution >= 4 is 0 Å². The number of nitrogens with zero attached hydrogens (tertiary/aromatic N) is 2. The third-order valence-electron chi connectivity index (χ3n) is 2.20. The van der Waals surface area contributed by atoms with Gasteiger partial charge in [0.1, 0.15) is 0 Å². The second-order valence-electron chi connectivity index (χ2n) is 3.52. The van der Waals surface area contributed by atoms with Crippen LogP contribution in [-0.4, -0.2) is 36.2 Å². The van der Waals surface area contributed by atoms with Crippen molar-refractivity contribution in [3.05, 3.63) is 24.0 Å². The second kappa shape index (κ2) is 9.04. The minimum absolute atomic E-state index is 0.112. The number of rotatable bonds is 9. The van der Waals surface area contributed by atoms with Crippen molar-refractivity contribution < 1.29 is 9.47 Å². The average molecular weight is 239 g/mol. The van der Waals surface area contributed by atoms with Crippen molar-refractivity contribution in [2.45, 2.75) is 33.1 Å². The SMILES string of the molecule is CCOC(CCNCc1cccnn1)OCC. The lowest BCUT2D eigenvalue weighted by atomic mass is 10.3. The van der Waals surface area contributed by atoms with Gasteiger partial charge in [0.25, 0.3) is 0 Å². The molecular formula is C12H21N3O2. The Kier molecular flexibility index (Phi) is 7.46. The minimum atomic E-state index is -0.112. The lowest BCUT2D eigenvalue weighted by Crippen LogP contribution is -2.25. The molecule has 0 amide bonds. The van der Waals surface area contributed by atoms with Gasteiger partial charge in [0.05, 0.1) is 5.69 Å². The molecule has 0 bridgehead atoms. The van der Waals surface area contributed by atoms with Crippen LogP contribution in [0.4, 0.5) is 0 Å². The Bertz CT molecular complexity index is 276. The van der Waals surface area contributed by atoms with Crippen LogP contribution in [0.1, 0.15) is 26.0 Å². The Hall–Kier alpha value is -1.04. The van der Waals surface area contributed by atoms with Gasteiger partial charge in [-0.1, -0.05) is 0 Å². The first-order valence-electron chi connectivity index (χ1n) is 6.07. The zero-order valence-corrected chi connectivity index (χ0v) is 10.6. The molecule has 0 spiro atoms. The third-order valence-corrected chi connectivity index (χ3v) is 2.20. The van der Waals surface area contributed by atoms with Crippen LogP contribution in [0.25, 0.3) is 0 Å². The quantitative estimate of drug-likeness (QED) is 0.521. The van der Waals surface area contributed by atoms with Crippen LogP contribution in [0.5, 0.6) is 0 Å². The van der Waals surface area contributed by atoms with Gasteiger partial charge >= 0.3 is 0 Å². The van der Waals surface area contributed by atoms with Gasteiger partial charge in [-0.3, -0.25) is 0 Å². The average Bonchev–Trinajstić information content (AvgIpc) is 2.36. The Labute approximate surface area is 103 Å². The molecular weight excluding hydrogens is 218 g/mol. The van der Waals surface area contributed by atoms with Crippen LogP contribution in [-0.2, 0) is 16.0 Å². The molecule has 0 saturated heterocycles. The zero-order valence-electron chi connectivity index (χ0n) is 10.6. The van der Waals surface area contributed by atoms with E-state index < -0.39 is 0 Å². The Morgan fingerprint density at radius 3 is 2.65 bits per heavy atom. The number of aromatic nitrogens is 2. The first-order chi connectivity index (χ1) is 8.36. The highest BCUT2D eigenvalue weighted by Gasteiger charge is 2.06. The molecule has 0 fully saturated rings. The number of hydrogen-bond acceptors (Lipinski definition) is 5. The van der Waals surface area contributed by atoms with Gasteiger partial charge in [0.15, 0.2) is 6.29 Å². The topological polar surface area (TPSA) is 56.3 Å². The van der Waals surface area contributed by atoms with Crippen LogP contribution in [0.15, 0.2) is 18.3 Å². The Balaban J connectivity index is 2.13. The molecule has 0 aromatic carbocycles. The lowest BCUT2D eigenvalue weighted by Gasteiger charge is -2.16. The lowest BCUT2D eigenvalue weighted by molar-refractivity contribution is -0.138. The normalized spacial score (nSPS) is 11.0. The summed E-state index contributed by atoms with van der Waals surface area (Å²) < 4.78 is 10.9. The van der Waals surface area contributed by atoms with Crippen LogP contribution in [0.3, 0.4) is 0 Å². The first-order valence-corrected chi connectivity index (χ1v) is 6.07. The summed E-state index contributed by atoms with van der Waals surface area (Å²) in [7, 11) is 0. The summed E-state index contributed by atoms with van der Waals surface area (Å²) in [6.45, 7) is 6.85. The molecule has 5 heteroatoms. The van der Waals surface area contributed by atoms with E-state index in [1.807, 2.05) is 26.0 Å². The third kappa shape index (κ3) is 6.31. The molecule has 1 aromatic heterocycles. The van der Waals surface area contributed by atoms with E-state index in [0.29, 0.717) is 13.2 Å². The fraction of sp³-hybridized carbons (Fsp3) is 0.667. The van der Waals surface area contributed by atoms with Crippen molar-refractivity contribution in [3.8, 4) is 0 Å². The van der Waals surface area contributed by atoms with E-state index in [-0.39, 0.29) is 6.29 Å². The molecule has 0 saturated carbocycles. The van der Waals surface area contributed by atoms with E-state index >= 15 is 0 Å². The van der Waals surface area contributed by atoms with Gasteiger partial charge in [0.2, 0.25) is 0 Å². The van der Waals surface area contributed by atoms with Gasteiger partial charge in [-0.15, -0.1) is 0 Å². The molecule has 1 N–H and O–H groups in total. The van der Waals surface area contributed by atoms with Gasteiger partial charge < -0.3 is 14.8 Å². The van der Waals surface area contributed by atoms with Gasteiger partial charge in [-0.2, -0.15) is 10.2 Å². The van der Waals surface area contributed by atoms with Crippen molar-refractivity contribution in [1.29, 1.82) is 0 Å². The molecule has 1 heterocycles. The van der Waals surface area contributed by atoms with E-state index in [1.165, 1.54) is 0 Å². The fourth-order valence-electron chi connectivity index (χ4n) is 1.45. The molecule has 17 heavy (non-hydrogen) atoms. The highest BCUT2D eigenvalue weighted by molar-refractivity contribution is 4.98. The smallest absolute Gasteiger partial charge is 0.158 e. The molecule has 1 aromatic rings. The first kappa shape index (κ1) is 14.0. The predicted molar refractivity (Wildman–Crippen MR) is 65.4 cm³/mol. The Morgan fingerprint density at radius 1 is 1.29 bits per heavy atom. The summed E-state index contributed by atoms with van der Waals surface area (Å²) in [4.78, 5) is 0. The summed E-state index contributed by atoms with van der Waals surface area (Å²) in [5.74, 6) is 0. The predicted octanol–water partition coefficient (Wildman–Crippen LogP) is 1.36. The minimum Gasteiger partial charge on any atom is -0.353 e. The molecule has 0 aliphatic rings. The van der Waals surface area contributed by atoms with Crippen LogP contribution in [0.2, 0.25) is 0 Å². The van der Waals surface area contributed by atoms with Gasteiger partial charge in [-0.05, 0) is 26.0 Å². The number of ether oxygens (including phenoxy) is 2. The van der Waals surface area contributed by atoms with E-state index in [9.17, 15) is 0 Å². The highest BCUT2D eigenvalue weighted by atomic mass is 16.7. The molecule has 0 atom stereocenters. The molecule has 0 unspecified atom stereocenters. The van der Waals surface area contributed by atoms with E-state index in [2.05, 4.69) is 15.5 Å². The second-order valence-corrected chi connectivity index (χ2v) is 3.52. The molecule has 0 aliphatic heterocycles. The summed E-state index contributed by atoms with van der Waals surface area (Å²) in [5, 5.41) is 11.1. The summed E-state index contributed by atoms with van der Waals surface area (Å²) >= 11 is 0. The van der Waals surface area contributed by atoms with Gasteiger partial charge in [0, 0.05) is 38.9 Å². The van der Waals surface area contributed by atoms with Crippen molar-refractivity contribution in [1.82, 2.24) is 15.5 Å². The maximum Gasteiger partial charge on any atom is 0.158 e. The van der Waals surface area contributed by atoms with Crippen LogP contribution >= 0.6 is 0 Å². The van der Waals surface area contributed by atoms with E-state index in [4.69, 9.17) is 9.47 Å². The summed E-state index contributed by atoms with van der Waals surface area (Å²) in [6.07, 6.45) is 2.39. The maximum atomic E-state index is 5.44. The fourth-order valence-corrected chi connectivity index (χ4v) is 1.45.